The third-order valence-corrected chi connectivity index (χ3v) is 4.67. The van der Waals surface area contributed by atoms with Crippen LogP contribution in [-0.2, 0) is 29.0 Å². The molecule has 0 aliphatic heterocycles. The van der Waals surface area contributed by atoms with Crippen LogP contribution in [0.15, 0.2) is 0 Å². The fraction of sp³-hybridized carbons (Fsp3) is 0.933. The van der Waals surface area contributed by atoms with Crippen LogP contribution in [0.25, 0.3) is 0 Å². The van der Waals surface area contributed by atoms with Crippen LogP contribution in [0.2, 0.25) is 0 Å². The van der Waals surface area contributed by atoms with E-state index in [0.717, 1.165) is 0 Å². The van der Waals surface area contributed by atoms with Crippen LogP contribution in [0.4, 0.5) is 0 Å². The highest BCUT2D eigenvalue weighted by Gasteiger charge is 2.17. The Morgan fingerprint density at radius 1 is 1.00 bits per heavy atom. The van der Waals surface area contributed by atoms with Gasteiger partial charge in [-0.3, -0.25) is 4.79 Å². The van der Waals surface area contributed by atoms with E-state index < -0.39 is 10.0 Å². The molecule has 23 heavy (non-hydrogen) atoms. The van der Waals surface area contributed by atoms with E-state index in [9.17, 15) is 13.2 Å². The van der Waals surface area contributed by atoms with Gasteiger partial charge in [-0.05, 0) is 13.8 Å². The molecule has 0 aliphatic rings. The van der Waals surface area contributed by atoms with Gasteiger partial charge in [-0.15, -0.1) is 0 Å². The number of Topliss-reactive ketones (excluding diaryl/α,β-unsaturated/α-hetero) is 1. The molecule has 0 aromatic carbocycles. The molecule has 0 aliphatic carbocycles. The first-order chi connectivity index (χ1) is 10.7. The second-order valence-corrected chi connectivity index (χ2v) is 7.89. The summed E-state index contributed by atoms with van der Waals surface area (Å²) in [6, 6.07) is 0. The van der Waals surface area contributed by atoms with Crippen molar-refractivity contribution in [1.82, 2.24) is 4.31 Å². The van der Waals surface area contributed by atoms with Crippen LogP contribution in [0.3, 0.4) is 0 Å². The molecule has 0 spiro atoms. The number of hydrogen-bond acceptors (Lipinski definition) is 6. The van der Waals surface area contributed by atoms with Crippen molar-refractivity contribution in [2.24, 2.45) is 5.92 Å². The molecular weight excluding hydrogens is 322 g/mol. The number of likely N-dealkylation sites (N-methyl/N-ethyl adjacent to an activating group) is 1. The van der Waals surface area contributed by atoms with Crippen LogP contribution in [0, 0.1) is 5.92 Å². The zero-order chi connectivity index (χ0) is 17.9. The van der Waals surface area contributed by atoms with Gasteiger partial charge in [0, 0.05) is 25.9 Å². The van der Waals surface area contributed by atoms with Gasteiger partial charge in [0.25, 0.3) is 0 Å². The Bertz CT molecular complexity index is 422. The van der Waals surface area contributed by atoms with Crippen molar-refractivity contribution in [3.05, 3.63) is 0 Å². The summed E-state index contributed by atoms with van der Waals surface area (Å²) in [6.07, 6.45) is 0.449. The average molecular weight is 353 g/mol. The second kappa shape index (κ2) is 11.9. The minimum atomic E-state index is -3.47. The first-order valence-electron chi connectivity index (χ1n) is 7.90. The van der Waals surface area contributed by atoms with Crippen molar-refractivity contribution in [3.63, 3.8) is 0 Å². The molecule has 0 bridgehead atoms. The van der Waals surface area contributed by atoms with Gasteiger partial charge in [-0.1, -0.05) is 13.8 Å². The molecule has 0 rings (SSSR count). The zero-order valence-electron chi connectivity index (χ0n) is 14.9. The quantitative estimate of drug-likeness (QED) is 0.438. The Kier molecular flexibility index (Phi) is 11.6. The summed E-state index contributed by atoms with van der Waals surface area (Å²) in [5.74, 6) is -0.238. The average Bonchev–Trinajstić information content (AvgIpc) is 2.45. The van der Waals surface area contributed by atoms with Gasteiger partial charge in [0.15, 0.2) is 5.94 Å². The van der Waals surface area contributed by atoms with E-state index >= 15 is 0 Å². The predicted molar refractivity (Wildman–Crippen MR) is 88.7 cm³/mol. The van der Waals surface area contributed by atoms with E-state index in [1.165, 1.54) is 11.4 Å². The Hall–Kier alpha value is -0.540. The number of carbonyl (C=O) groups is 1. The highest BCUT2D eigenvalue weighted by Crippen LogP contribution is 2.01. The lowest BCUT2D eigenvalue weighted by Crippen LogP contribution is -2.33. The topological polar surface area (TPSA) is 82.1 Å². The van der Waals surface area contributed by atoms with Crippen LogP contribution in [0.5, 0.6) is 0 Å². The lowest BCUT2D eigenvalue weighted by atomic mass is 10.1. The number of hydrogen-bond donors (Lipinski definition) is 0. The van der Waals surface area contributed by atoms with Crippen LogP contribution >= 0.6 is 0 Å². The fourth-order valence-electron chi connectivity index (χ4n) is 1.49. The summed E-state index contributed by atoms with van der Waals surface area (Å²) in [7, 11) is -1.99. The second-order valence-electron chi connectivity index (χ2n) is 5.86. The van der Waals surface area contributed by atoms with Crippen LogP contribution in [0.1, 0.15) is 34.1 Å². The van der Waals surface area contributed by atoms with Gasteiger partial charge >= 0.3 is 0 Å². The third-order valence-electron chi connectivity index (χ3n) is 3.07. The van der Waals surface area contributed by atoms with Crippen molar-refractivity contribution in [3.8, 4) is 0 Å². The van der Waals surface area contributed by atoms with Crippen molar-refractivity contribution < 1.29 is 27.4 Å². The van der Waals surface area contributed by atoms with Crippen LogP contribution < -0.4 is 0 Å². The largest absolute Gasteiger partial charge is 0.380 e. The summed E-state index contributed by atoms with van der Waals surface area (Å²) in [5, 5.41) is 0. The first-order valence-corrected chi connectivity index (χ1v) is 9.51. The molecular formula is C15H31NO6S. The van der Waals surface area contributed by atoms with Crippen molar-refractivity contribution in [2.45, 2.75) is 40.2 Å². The summed E-state index contributed by atoms with van der Waals surface area (Å²) in [4.78, 5) is 11.4. The van der Waals surface area contributed by atoms with Gasteiger partial charge in [0.2, 0.25) is 10.0 Å². The van der Waals surface area contributed by atoms with Gasteiger partial charge in [0.1, 0.15) is 5.78 Å². The monoisotopic (exact) mass is 353 g/mol. The van der Waals surface area contributed by atoms with Crippen molar-refractivity contribution in [1.29, 1.82) is 0 Å². The summed E-state index contributed by atoms with van der Waals surface area (Å²) >= 11 is 0. The number of ketones is 1. The van der Waals surface area contributed by atoms with E-state index in [1.54, 1.807) is 0 Å². The fourth-order valence-corrected chi connectivity index (χ4v) is 2.35. The summed E-state index contributed by atoms with van der Waals surface area (Å²) in [6.45, 7) is 8.88. The normalized spacial score (nSPS) is 12.5. The number of ether oxygens (including phenoxy) is 3. The summed E-state index contributed by atoms with van der Waals surface area (Å²) < 4.78 is 40.8. The number of rotatable bonds is 14. The van der Waals surface area contributed by atoms with Gasteiger partial charge in [-0.2, -0.15) is 0 Å². The molecule has 0 N–H and O–H groups in total. The maximum absolute atomic E-state index is 11.9. The molecule has 0 aromatic rings. The number of carbonyl (C=O) groups excluding carboxylic acids is 1. The molecule has 138 valence electrons. The smallest absolute Gasteiger partial charge is 0.238 e. The number of sulfonamides is 1. The maximum Gasteiger partial charge on any atom is 0.238 e. The highest BCUT2D eigenvalue weighted by molar-refractivity contribution is 7.88. The molecule has 0 fully saturated rings. The predicted octanol–water partition coefficient (Wildman–Crippen LogP) is 1.28. The molecule has 0 saturated heterocycles. The molecule has 0 saturated carbocycles. The van der Waals surface area contributed by atoms with E-state index in [1.807, 2.05) is 27.7 Å². The molecule has 0 aromatic heterocycles. The molecule has 0 amide bonds. The van der Waals surface area contributed by atoms with Crippen molar-refractivity contribution >= 4 is 15.8 Å². The molecule has 0 heterocycles. The Morgan fingerprint density at radius 3 is 2.22 bits per heavy atom. The van der Waals surface area contributed by atoms with E-state index in [-0.39, 0.29) is 43.5 Å². The minimum Gasteiger partial charge on any atom is -0.380 e. The Labute approximate surface area is 140 Å². The zero-order valence-corrected chi connectivity index (χ0v) is 15.7. The summed E-state index contributed by atoms with van der Waals surface area (Å²) in [5.41, 5.74) is 0. The molecule has 0 radical (unpaired) electrons. The maximum atomic E-state index is 11.9. The Morgan fingerprint density at radius 2 is 1.65 bits per heavy atom. The molecule has 7 nitrogen and oxygen atoms in total. The minimum absolute atomic E-state index is 0.00141. The lowest BCUT2D eigenvalue weighted by Gasteiger charge is -2.17. The Balaban J connectivity index is 3.82. The molecule has 0 unspecified atom stereocenters. The number of nitrogens with zero attached hydrogens (tertiary/aromatic N) is 1. The standard InChI is InChI=1S/C15H31NO6S/c1-13(2)15(17)6-8-20-9-7-16(5)23(18,19)12-21-10-11-22-14(3)4/h13-14H,6-12H2,1-5H3. The van der Waals surface area contributed by atoms with Gasteiger partial charge in [0.05, 0.1) is 32.5 Å². The molecule has 0 atom stereocenters. The van der Waals surface area contributed by atoms with E-state index in [0.29, 0.717) is 19.6 Å². The van der Waals surface area contributed by atoms with Crippen LogP contribution in [-0.4, -0.2) is 70.6 Å². The van der Waals surface area contributed by atoms with E-state index in [2.05, 4.69) is 0 Å². The van der Waals surface area contributed by atoms with E-state index in [4.69, 9.17) is 14.2 Å². The SMILES string of the molecule is CC(C)OCCOCS(=O)(=O)N(C)CCOCCC(=O)C(C)C. The van der Waals surface area contributed by atoms with Gasteiger partial charge in [-0.25, -0.2) is 12.7 Å². The lowest BCUT2D eigenvalue weighted by molar-refractivity contribution is -0.122. The van der Waals surface area contributed by atoms with Crippen molar-refractivity contribution in [2.75, 3.05) is 46.0 Å². The molecule has 8 heteroatoms. The highest BCUT2D eigenvalue weighted by atomic mass is 32.2. The van der Waals surface area contributed by atoms with Gasteiger partial charge < -0.3 is 14.2 Å². The first kappa shape index (κ1) is 22.5. The third kappa shape index (κ3) is 11.6.